The van der Waals surface area contributed by atoms with Crippen molar-refractivity contribution in [2.75, 3.05) is 19.8 Å². The fraction of sp³-hybridized carbons (Fsp3) is 0.647. The van der Waals surface area contributed by atoms with Crippen LogP contribution in [0, 0.1) is 0 Å². The Morgan fingerprint density at radius 3 is 2.63 bits per heavy atom. The van der Waals surface area contributed by atoms with Gasteiger partial charge in [-0.15, -0.1) is 0 Å². The fourth-order valence-corrected chi connectivity index (χ4v) is 2.19. The molecule has 2 nitrogen and oxygen atoms in total. The molecule has 0 aliphatic heterocycles. The summed E-state index contributed by atoms with van der Waals surface area (Å²) in [4.78, 5) is 0. The van der Waals surface area contributed by atoms with Crippen molar-refractivity contribution >= 4 is 0 Å². The molecule has 1 atom stereocenters. The van der Waals surface area contributed by atoms with Gasteiger partial charge < -0.3 is 10.1 Å². The van der Waals surface area contributed by atoms with Crippen LogP contribution in [0.4, 0.5) is 0 Å². The Balaban J connectivity index is 2.68. The molecule has 1 aromatic rings. The molecule has 0 radical (unpaired) electrons. The van der Waals surface area contributed by atoms with Gasteiger partial charge in [0.2, 0.25) is 0 Å². The van der Waals surface area contributed by atoms with Gasteiger partial charge in [-0.3, -0.25) is 0 Å². The first kappa shape index (κ1) is 16.2. The lowest BCUT2D eigenvalue weighted by molar-refractivity contribution is 0.112. The Morgan fingerprint density at radius 1 is 1.11 bits per heavy atom. The quantitative estimate of drug-likeness (QED) is 0.642. The van der Waals surface area contributed by atoms with Crippen LogP contribution in [0.5, 0.6) is 0 Å². The van der Waals surface area contributed by atoms with Gasteiger partial charge in [-0.05, 0) is 36.9 Å². The Kier molecular flexibility index (Phi) is 8.52. The van der Waals surface area contributed by atoms with Crippen LogP contribution in [0.2, 0.25) is 0 Å². The summed E-state index contributed by atoms with van der Waals surface area (Å²) < 4.78 is 5.73. The SMILES string of the molecule is CCCNC(COCCC)c1cccc(CCC)c1. The zero-order valence-corrected chi connectivity index (χ0v) is 12.7. The van der Waals surface area contributed by atoms with E-state index in [9.17, 15) is 0 Å². The van der Waals surface area contributed by atoms with Crippen LogP contribution in [0.25, 0.3) is 0 Å². The predicted molar refractivity (Wildman–Crippen MR) is 82.6 cm³/mol. The molecule has 0 saturated heterocycles. The Labute approximate surface area is 118 Å². The number of hydrogen-bond acceptors (Lipinski definition) is 2. The minimum Gasteiger partial charge on any atom is -0.379 e. The maximum absolute atomic E-state index is 5.73. The van der Waals surface area contributed by atoms with Gasteiger partial charge >= 0.3 is 0 Å². The first-order valence-corrected chi connectivity index (χ1v) is 7.71. The molecule has 0 aliphatic rings. The van der Waals surface area contributed by atoms with Crippen molar-refractivity contribution < 1.29 is 4.74 Å². The number of rotatable bonds is 10. The van der Waals surface area contributed by atoms with Crippen molar-refractivity contribution in [2.45, 2.75) is 52.5 Å². The molecule has 1 unspecified atom stereocenters. The number of hydrogen-bond donors (Lipinski definition) is 1. The molecule has 0 bridgehead atoms. The second-order valence-electron chi connectivity index (χ2n) is 5.08. The van der Waals surface area contributed by atoms with E-state index in [-0.39, 0.29) is 0 Å². The lowest BCUT2D eigenvalue weighted by atomic mass is 10.0. The van der Waals surface area contributed by atoms with Crippen LogP contribution in [0.3, 0.4) is 0 Å². The van der Waals surface area contributed by atoms with E-state index in [0.29, 0.717) is 6.04 Å². The van der Waals surface area contributed by atoms with Gasteiger partial charge in [0.15, 0.2) is 0 Å². The zero-order valence-electron chi connectivity index (χ0n) is 12.7. The summed E-state index contributed by atoms with van der Waals surface area (Å²) in [7, 11) is 0. The maximum Gasteiger partial charge on any atom is 0.0661 e. The molecule has 0 saturated carbocycles. The van der Waals surface area contributed by atoms with Crippen LogP contribution in [0.1, 0.15) is 57.2 Å². The molecule has 0 spiro atoms. The smallest absolute Gasteiger partial charge is 0.0661 e. The molecular weight excluding hydrogens is 234 g/mol. The average molecular weight is 263 g/mol. The van der Waals surface area contributed by atoms with Crippen LogP contribution in [0.15, 0.2) is 24.3 Å². The standard InChI is InChI=1S/C17H29NO/c1-4-8-15-9-7-10-16(13-15)17(18-11-5-2)14-19-12-6-3/h7,9-10,13,17-18H,4-6,8,11-12,14H2,1-3H3. The molecule has 0 heterocycles. The largest absolute Gasteiger partial charge is 0.379 e. The lowest BCUT2D eigenvalue weighted by Gasteiger charge is -2.19. The minimum absolute atomic E-state index is 0.323. The highest BCUT2D eigenvalue weighted by Crippen LogP contribution is 2.16. The molecule has 1 rings (SSSR count). The van der Waals surface area contributed by atoms with Crippen molar-refractivity contribution in [1.82, 2.24) is 5.32 Å². The third-order valence-corrected chi connectivity index (χ3v) is 3.17. The summed E-state index contributed by atoms with van der Waals surface area (Å²) in [5, 5.41) is 3.59. The molecule has 0 amide bonds. The highest BCUT2D eigenvalue weighted by Gasteiger charge is 2.11. The van der Waals surface area contributed by atoms with Crippen molar-refractivity contribution in [1.29, 1.82) is 0 Å². The van der Waals surface area contributed by atoms with Crippen molar-refractivity contribution in [3.05, 3.63) is 35.4 Å². The first-order chi connectivity index (χ1) is 9.31. The zero-order chi connectivity index (χ0) is 13.9. The highest BCUT2D eigenvalue weighted by atomic mass is 16.5. The molecular formula is C17H29NO. The maximum atomic E-state index is 5.73. The second kappa shape index (κ2) is 9.99. The Hall–Kier alpha value is -0.860. The second-order valence-corrected chi connectivity index (χ2v) is 5.08. The van der Waals surface area contributed by atoms with E-state index in [4.69, 9.17) is 4.74 Å². The molecule has 1 aromatic carbocycles. The van der Waals surface area contributed by atoms with Crippen LogP contribution < -0.4 is 5.32 Å². The Morgan fingerprint density at radius 2 is 1.95 bits per heavy atom. The van der Waals surface area contributed by atoms with E-state index in [0.717, 1.165) is 39.0 Å². The molecule has 0 fully saturated rings. The summed E-state index contributed by atoms with van der Waals surface area (Å²) in [6.07, 6.45) is 4.59. The van der Waals surface area contributed by atoms with E-state index in [1.54, 1.807) is 0 Å². The van der Waals surface area contributed by atoms with Crippen LogP contribution in [-0.4, -0.2) is 19.8 Å². The highest BCUT2D eigenvalue weighted by molar-refractivity contribution is 5.26. The van der Waals surface area contributed by atoms with Gasteiger partial charge in [-0.2, -0.15) is 0 Å². The number of ether oxygens (including phenoxy) is 1. The summed E-state index contributed by atoms with van der Waals surface area (Å²) in [6.45, 7) is 9.23. The van der Waals surface area contributed by atoms with E-state index in [1.165, 1.54) is 17.5 Å². The minimum atomic E-state index is 0.323. The Bertz CT molecular complexity index is 338. The third-order valence-electron chi connectivity index (χ3n) is 3.17. The fourth-order valence-electron chi connectivity index (χ4n) is 2.19. The molecule has 108 valence electrons. The lowest BCUT2D eigenvalue weighted by Crippen LogP contribution is -2.26. The third kappa shape index (κ3) is 6.22. The van der Waals surface area contributed by atoms with E-state index in [1.807, 2.05) is 0 Å². The van der Waals surface area contributed by atoms with Gasteiger partial charge in [-0.1, -0.05) is 51.5 Å². The normalized spacial score (nSPS) is 12.6. The van der Waals surface area contributed by atoms with Gasteiger partial charge in [-0.25, -0.2) is 0 Å². The molecule has 0 aliphatic carbocycles. The van der Waals surface area contributed by atoms with Crippen molar-refractivity contribution in [2.24, 2.45) is 0 Å². The summed E-state index contributed by atoms with van der Waals surface area (Å²) >= 11 is 0. The van der Waals surface area contributed by atoms with E-state index in [2.05, 4.69) is 50.4 Å². The number of benzene rings is 1. The van der Waals surface area contributed by atoms with Gasteiger partial charge in [0.1, 0.15) is 0 Å². The average Bonchev–Trinajstić information content (AvgIpc) is 2.43. The number of aryl methyl sites for hydroxylation is 1. The van der Waals surface area contributed by atoms with E-state index >= 15 is 0 Å². The topological polar surface area (TPSA) is 21.3 Å². The number of nitrogens with one attached hydrogen (secondary N) is 1. The predicted octanol–water partition coefficient (Wildman–Crippen LogP) is 4.11. The molecule has 0 aromatic heterocycles. The van der Waals surface area contributed by atoms with Crippen molar-refractivity contribution in [3.8, 4) is 0 Å². The summed E-state index contributed by atoms with van der Waals surface area (Å²) in [5.74, 6) is 0. The molecule has 1 N–H and O–H groups in total. The van der Waals surface area contributed by atoms with Gasteiger partial charge in [0, 0.05) is 6.61 Å². The van der Waals surface area contributed by atoms with Crippen molar-refractivity contribution in [3.63, 3.8) is 0 Å². The van der Waals surface area contributed by atoms with Gasteiger partial charge in [0.05, 0.1) is 12.6 Å². The van der Waals surface area contributed by atoms with Crippen LogP contribution >= 0.6 is 0 Å². The summed E-state index contributed by atoms with van der Waals surface area (Å²) in [6, 6.07) is 9.24. The monoisotopic (exact) mass is 263 g/mol. The summed E-state index contributed by atoms with van der Waals surface area (Å²) in [5.41, 5.74) is 2.79. The molecule has 19 heavy (non-hydrogen) atoms. The first-order valence-electron chi connectivity index (χ1n) is 7.71. The van der Waals surface area contributed by atoms with E-state index < -0.39 is 0 Å². The molecule has 2 heteroatoms. The van der Waals surface area contributed by atoms with Gasteiger partial charge in [0.25, 0.3) is 0 Å². The van der Waals surface area contributed by atoms with Crippen LogP contribution in [-0.2, 0) is 11.2 Å².